The smallest absolute Gasteiger partial charge is 0.407 e. The number of alkyl carbamates (subject to hydrolysis) is 1. The number of aliphatic hydroxyl groups is 1. The van der Waals surface area contributed by atoms with E-state index in [0.717, 1.165) is 35.3 Å². The molecule has 0 radical (unpaired) electrons. The van der Waals surface area contributed by atoms with Gasteiger partial charge in [0.2, 0.25) is 5.91 Å². The van der Waals surface area contributed by atoms with Crippen LogP contribution in [0.15, 0.2) is 72.4 Å². The van der Waals surface area contributed by atoms with Gasteiger partial charge in [0.15, 0.2) is 0 Å². The number of thiazole rings is 1. The van der Waals surface area contributed by atoms with Crippen molar-refractivity contribution in [3.8, 4) is 0 Å². The summed E-state index contributed by atoms with van der Waals surface area (Å²) in [5.41, 5.74) is 3.80. The Morgan fingerprint density at radius 1 is 0.860 bits per heavy atom. The first-order valence-corrected chi connectivity index (χ1v) is 15.7. The normalized spacial score (nSPS) is 15.1. The largest absolute Gasteiger partial charge is 0.444 e. The minimum absolute atomic E-state index is 0.146. The Morgan fingerprint density at radius 3 is 2.02 bits per heavy atom. The van der Waals surface area contributed by atoms with Gasteiger partial charge in [-0.25, -0.2) is 9.59 Å². The molecule has 43 heavy (non-hydrogen) atoms. The molecule has 1 aliphatic heterocycles. The Balaban J connectivity index is 1.41. The van der Waals surface area contributed by atoms with Gasteiger partial charge in [-0.15, -0.1) is 11.3 Å². The molecule has 3 atom stereocenters. The zero-order chi connectivity index (χ0) is 30.3. The van der Waals surface area contributed by atoms with E-state index in [4.69, 9.17) is 4.74 Å². The Bertz CT molecular complexity index is 1260. The molecule has 11 heteroatoms. The lowest BCUT2D eigenvalue weighted by Crippen LogP contribution is -2.55. The average Bonchev–Trinajstić information content (AvgIpc) is 3.56. The molecule has 1 fully saturated rings. The van der Waals surface area contributed by atoms with Gasteiger partial charge in [-0.2, -0.15) is 0 Å². The number of benzene rings is 2. The van der Waals surface area contributed by atoms with Crippen molar-refractivity contribution in [2.45, 2.75) is 69.7 Å². The molecular formula is C32H41N5O5S. The predicted octanol–water partition coefficient (Wildman–Crippen LogP) is 4.04. The average molecular weight is 608 g/mol. The fourth-order valence-electron chi connectivity index (χ4n) is 5.14. The topological polar surface area (TPSA) is 133 Å². The van der Waals surface area contributed by atoms with Gasteiger partial charge in [-0.1, -0.05) is 60.7 Å². The van der Waals surface area contributed by atoms with E-state index in [1.807, 2.05) is 60.7 Å². The quantitative estimate of drug-likeness (QED) is 0.219. The van der Waals surface area contributed by atoms with Gasteiger partial charge < -0.3 is 30.7 Å². The molecule has 1 aromatic heterocycles. The first-order valence-electron chi connectivity index (χ1n) is 14.9. The maximum atomic E-state index is 13.3. The number of hydrogen-bond donors (Lipinski definition) is 4. The highest BCUT2D eigenvalue weighted by atomic mass is 32.1. The van der Waals surface area contributed by atoms with Crippen molar-refractivity contribution in [1.29, 1.82) is 0 Å². The van der Waals surface area contributed by atoms with Crippen molar-refractivity contribution in [2.24, 2.45) is 0 Å². The van der Waals surface area contributed by atoms with Gasteiger partial charge >= 0.3 is 12.1 Å². The molecule has 230 valence electrons. The van der Waals surface area contributed by atoms with E-state index in [-0.39, 0.29) is 24.7 Å². The molecule has 2 heterocycles. The van der Waals surface area contributed by atoms with E-state index in [2.05, 4.69) is 20.9 Å². The molecule has 10 nitrogen and oxygen atoms in total. The van der Waals surface area contributed by atoms with Crippen LogP contribution in [0.25, 0.3) is 0 Å². The SMILES string of the molecule is O=C(N[C@H](CC[C@H](Cc1ccccc1)NC(=O)[C@H](CO)NC(=O)N1CCCCC1)Cc1ccccc1)OCc1cncs1. The van der Waals surface area contributed by atoms with E-state index in [1.165, 1.54) is 11.3 Å². The van der Waals surface area contributed by atoms with E-state index < -0.39 is 24.6 Å². The van der Waals surface area contributed by atoms with Crippen LogP contribution in [0.2, 0.25) is 0 Å². The molecule has 0 spiro atoms. The van der Waals surface area contributed by atoms with Gasteiger partial charge in [0.05, 0.1) is 17.0 Å². The molecule has 1 saturated heterocycles. The number of urea groups is 1. The summed E-state index contributed by atoms with van der Waals surface area (Å²) in [6.45, 7) is 0.926. The Kier molecular flexibility index (Phi) is 12.8. The summed E-state index contributed by atoms with van der Waals surface area (Å²) in [5.74, 6) is -0.440. The van der Waals surface area contributed by atoms with Crippen molar-refractivity contribution < 1.29 is 24.2 Å². The first kappa shape index (κ1) is 32.0. The van der Waals surface area contributed by atoms with Crippen molar-refractivity contribution in [2.75, 3.05) is 19.7 Å². The lowest BCUT2D eigenvalue weighted by molar-refractivity contribution is -0.124. The van der Waals surface area contributed by atoms with Crippen LogP contribution in [0, 0.1) is 0 Å². The number of aliphatic hydroxyl groups excluding tert-OH is 1. The molecule has 0 bridgehead atoms. The second-order valence-corrected chi connectivity index (χ2v) is 11.8. The summed E-state index contributed by atoms with van der Waals surface area (Å²) < 4.78 is 5.43. The summed E-state index contributed by atoms with van der Waals surface area (Å²) in [4.78, 5) is 45.3. The second kappa shape index (κ2) is 17.2. The maximum Gasteiger partial charge on any atom is 0.407 e. The Labute approximate surface area is 256 Å². The number of aromatic nitrogens is 1. The molecule has 3 aromatic rings. The van der Waals surface area contributed by atoms with Crippen molar-refractivity contribution in [1.82, 2.24) is 25.8 Å². The Hall–Kier alpha value is -3.96. The number of carbonyl (C=O) groups is 3. The molecule has 0 unspecified atom stereocenters. The summed E-state index contributed by atoms with van der Waals surface area (Å²) in [7, 11) is 0. The van der Waals surface area contributed by atoms with Crippen LogP contribution in [0.5, 0.6) is 0 Å². The molecule has 0 aliphatic carbocycles. The number of hydrogen-bond acceptors (Lipinski definition) is 7. The van der Waals surface area contributed by atoms with Crippen LogP contribution in [-0.2, 0) is 29.0 Å². The molecule has 4 amide bonds. The van der Waals surface area contributed by atoms with Crippen LogP contribution in [0.4, 0.5) is 9.59 Å². The Morgan fingerprint density at radius 2 is 1.47 bits per heavy atom. The molecule has 0 saturated carbocycles. The van der Waals surface area contributed by atoms with Crippen molar-refractivity contribution >= 4 is 29.4 Å². The summed E-state index contributed by atoms with van der Waals surface area (Å²) in [5, 5.41) is 18.8. The summed E-state index contributed by atoms with van der Waals surface area (Å²) >= 11 is 1.42. The minimum atomic E-state index is -1.06. The number of carbonyl (C=O) groups excluding carboxylic acids is 3. The first-order chi connectivity index (χ1) is 21.0. The molecular weight excluding hydrogens is 566 g/mol. The van der Waals surface area contributed by atoms with E-state index in [9.17, 15) is 19.5 Å². The fraction of sp³-hybridized carbons (Fsp3) is 0.438. The van der Waals surface area contributed by atoms with E-state index >= 15 is 0 Å². The van der Waals surface area contributed by atoms with Crippen LogP contribution in [0.1, 0.15) is 48.1 Å². The molecule has 4 rings (SSSR count). The van der Waals surface area contributed by atoms with Crippen molar-refractivity contribution in [3.63, 3.8) is 0 Å². The second-order valence-electron chi connectivity index (χ2n) is 10.8. The summed E-state index contributed by atoms with van der Waals surface area (Å²) in [6, 6.07) is 17.8. The summed E-state index contributed by atoms with van der Waals surface area (Å²) in [6.07, 6.45) is 6.35. The minimum Gasteiger partial charge on any atom is -0.444 e. The number of nitrogens with one attached hydrogen (secondary N) is 3. The van der Waals surface area contributed by atoms with Gasteiger partial charge in [0.25, 0.3) is 0 Å². The van der Waals surface area contributed by atoms with Crippen LogP contribution < -0.4 is 16.0 Å². The van der Waals surface area contributed by atoms with E-state index in [0.29, 0.717) is 38.8 Å². The number of nitrogens with zero attached hydrogens (tertiary/aromatic N) is 2. The van der Waals surface area contributed by atoms with Gasteiger partial charge in [0.1, 0.15) is 12.6 Å². The van der Waals surface area contributed by atoms with Crippen LogP contribution in [0.3, 0.4) is 0 Å². The monoisotopic (exact) mass is 607 g/mol. The number of likely N-dealkylation sites (tertiary alicyclic amines) is 1. The zero-order valence-electron chi connectivity index (χ0n) is 24.3. The van der Waals surface area contributed by atoms with Crippen molar-refractivity contribution in [3.05, 3.63) is 88.4 Å². The van der Waals surface area contributed by atoms with Gasteiger partial charge in [-0.05, 0) is 56.1 Å². The number of amides is 4. The maximum absolute atomic E-state index is 13.3. The molecule has 2 aromatic carbocycles. The molecule has 1 aliphatic rings. The van der Waals surface area contributed by atoms with Gasteiger partial charge in [0, 0.05) is 31.4 Å². The number of rotatable bonds is 14. The highest BCUT2D eigenvalue weighted by molar-refractivity contribution is 7.09. The van der Waals surface area contributed by atoms with Crippen LogP contribution >= 0.6 is 11.3 Å². The lowest BCUT2D eigenvalue weighted by Gasteiger charge is -2.29. The third-order valence-corrected chi connectivity index (χ3v) is 8.20. The third-order valence-electron chi connectivity index (χ3n) is 7.45. The highest BCUT2D eigenvalue weighted by Gasteiger charge is 2.26. The van der Waals surface area contributed by atoms with E-state index in [1.54, 1.807) is 16.6 Å². The number of ether oxygens (including phenoxy) is 1. The standard InChI is InChI=1S/C32H41N5O5S/c38-21-29(36-31(40)37-16-8-3-9-17-37)30(39)34-26(18-24-10-4-1-5-11-24)14-15-27(19-25-12-6-2-7-13-25)35-32(41)42-22-28-20-33-23-43-28/h1-2,4-7,10-13,20,23,26-27,29,38H,3,8-9,14-19,21-22H2,(H,34,39)(H,35,41)(H,36,40)/t26-,27-,29+/m1/s1. The number of piperidine rings is 1. The third kappa shape index (κ3) is 11.0. The highest BCUT2D eigenvalue weighted by Crippen LogP contribution is 2.15. The van der Waals surface area contributed by atoms with Crippen LogP contribution in [-0.4, -0.2) is 70.8 Å². The predicted molar refractivity (Wildman–Crippen MR) is 166 cm³/mol. The van der Waals surface area contributed by atoms with Gasteiger partial charge in [-0.3, -0.25) is 9.78 Å². The zero-order valence-corrected chi connectivity index (χ0v) is 25.1. The lowest BCUT2D eigenvalue weighted by atomic mass is 9.96. The fourth-order valence-corrected chi connectivity index (χ4v) is 5.65. The molecule has 4 N–H and O–H groups in total.